The molecule has 0 atom stereocenters. The third-order valence-corrected chi connectivity index (χ3v) is 13.1. The number of hydrogen-bond acceptors (Lipinski definition) is 9. The number of halogens is 18. The second kappa shape index (κ2) is 12.3. The molecular formula is C12H14F18N3O6P3. The molecule has 0 unspecified atom stereocenters. The van der Waals surface area contributed by atoms with Gasteiger partial charge in [0.2, 0.25) is 0 Å². The monoisotopic (exact) mass is 731 g/mol. The van der Waals surface area contributed by atoms with Gasteiger partial charge in [-0.15, -0.1) is 0 Å². The maximum atomic E-state index is 13.0. The van der Waals surface area contributed by atoms with Gasteiger partial charge in [0.05, 0.1) is 0 Å². The SMILES string of the molecule is FC(F)(F)COP1(OCC(F)(F)F)(OCC(F)(F)F)N=PNP(OCC(F)(F)F)(OCC(F)(F)F)(OCC(F)(F)F)N1. The van der Waals surface area contributed by atoms with Crippen LogP contribution in [0.3, 0.4) is 0 Å². The Morgan fingerprint density at radius 2 is 0.667 bits per heavy atom. The normalized spacial score (nSPS) is 23.4. The van der Waals surface area contributed by atoms with Crippen LogP contribution in [0.4, 0.5) is 79.0 Å². The fourth-order valence-corrected chi connectivity index (χ4v) is 12.8. The minimum absolute atomic E-state index is 0.686. The summed E-state index contributed by atoms with van der Waals surface area (Å²) < 4.78 is 261. The molecule has 1 aliphatic heterocycles. The summed E-state index contributed by atoms with van der Waals surface area (Å²) in [6.45, 7) is -18.4. The van der Waals surface area contributed by atoms with Crippen molar-refractivity contribution in [3.63, 3.8) is 0 Å². The quantitative estimate of drug-likeness (QED) is 0.155. The fourth-order valence-electron chi connectivity index (χ4n) is 2.20. The van der Waals surface area contributed by atoms with E-state index in [0.717, 1.165) is 4.86 Å². The van der Waals surface area contributed by atoms with Crippen molar-refractivity contribution in [2.24, 2.45) is 4.52 Å². The molecule has 0 aromatic rings. The molecule has 1 rings (SSSR count). The molecule has 0 spiro atoms. The van der Waals surface area contributed by atoms with Gasteiger partial charge in [0.25, 0.3) is 0 Å². The molecule has 0 fully saturated rings. The van der Waals surface area contributed by atoms with Crippen LogP contribution in [0.25, 0.3) is 0 Å². The van der Waals surface area contributed by atoms with E-state index in [4.69, 9.17) is 0 Å². The van der Waals surface area contributed by atoms with Gasteiger partial charge < -0.3 is 0 Å². The van der Waals surface area contributed by atoms with Gasteiger partial charge in [0.1, 0.15) is 0 Å². The van der Waals surface area contributed by atoms with Crippen molar-refractivity contribution in [2.45, 2.75) is 37.1 Å². The summed E-state index contributed by atoms with van der Waals surface area (Å²) in [7, 11) is -17.4. The van der Waals surface area contributed by atoms with Crippen molar-refractivity contribution in [1.29, 1.82) is 0 Å². The van der Waals surface area contributed by atoms with Gasteiger partial charge in [-0.2, -0.15) is 0 Å². The Morgan fingerprint density at radius 1 is 0.429 bits per heavy atom. The van der Waals surface area contributed by atoms with E-state index in [1.165, 1.54) is 0 Å². The Bertz CT molecular complexity index is 852. The molecule has 2 N–H and O–H groups in total. The van der Waals surface area contributed by atoms with Gasteiger partial charge in [0.15, 0.2) is 0 Å². The van der Waals surface area contributed by atoms with E-state index in [2.05, 4.69) is 31.7 Å². The summed E-state index contributed by atoms with van der Waals surface area (Å²) in [5.74, 6) is 0. The zero-order valence-electron chi connectivity index (χ0n) is 19.3. The Labute approximate surface area is 221 Å². The average molecular weight is 731 g/mol. The maximum absolute atomic E-state index is 13.0. The van der Waals surface area contributed by atoms with Crippen LogP contribution in [0.1, 0.15) is 0 Å². The molecule has 0 aliphatic carbocycles. The zero-order chi connectivity index (χ0) is 33.2. The molecule has 0 bridgehead atoms. The first-order valence-electron chi connectivity index (χ1n) is 9.64. The van der Waals surface area contributed by atoms with Crippen LogP contribution in [0, 0.1) is 0 Å². The first kappa shape index (κ1) is 39.4. The van der Waals surface area contributed by atoms with Crippen LogP contribution in [-0.2, 0) is 27.1 Å². The van der Waals surface area contributed by atoms with Crippen LogP contribution < -0.4 is 9.72 Å². The van der Waals surface area contributed by atoms with Gasteiger partial charge >= 0.3 is 221 Å². The van der Waals surface area contributed by atoms with Crippen LogP contribution >= 0.6 is 23.7 Å². The summed E-state index contributed by atoms with van der Waals surface area (Å²) in [5, 5.41) is 0. The molecule has 254 valence electrons. The van der Waals surface area contributed by atoms with E-state index >= 15 is 0 Å². The van der Waals surface area contributed by atoms with Gasteiger partial charge in [-0.25, -0.2) is 0 Å². The Hall–Kier alpha value is -0.620. The van der Waals surface area contributed by atoms with Crippen molar-refractivity contribution < 1.29 is 106 Å². The van der Waals surface area contributed by atoms with Crippen LogP contribution in [0.15, 0.2) is 4.52 Å². The molecule has 0 amide bonds. The predicted molar refractivity (Wildman–Crippen MR) is 102 cm³/mol. The average Bonchev–Trinajstić information content (AvgIpc) is 2.75. The molecule has 42 heavy (non-hydrogen) atoms. The molecule has 1 heterocycles. The molecule has 0 saturated carbocycles. The Kier molecular flexibility index (Phi) is 11.5. The Balaban J connectivity index is 4.12. The van der Waals surface area contributed by atoms with Crippen LogP contribution in [-0.4, -0.2) is 76.7 Å². The number of rotatable bonds is 12. The number of nitrogens with zero attached hydrogens (tertiary/aromatic N) is 1. The standard InChI is InChI=1S/C12H14F18N3O6P3/c13-7(14,15)1-34-41(35-2-8(16,17)18,36-3-9(19,20)21)31-40-32-42(33-41,37-4-10(22,23)24,38-5-11(25,26)27)39-6-12(28,29)30/h33H,1-6H2,(H,31,32). The summed E-state index contributed by atoms with van der Waals surface area (Å²) >= 11 is 0. The third-order valence-electron chi connectivity index (χ3n) is 3.51. The van der Waals surface area contributed by atoms with Gasteiger partial charge in [0, 0.05) is 0 Å². The van der Waals surface area contributed by atoms with Crippen molar-refractivity contribution >= 4 is 23.7 Å². The Morgan fingerprint density at radius 3 is 0.905 bits per heavy atom. The first-order chi connectivity index (χ1) is 18.3. The van der Waals surface area contributed by atoms with E-state index in [0.29, 0.717) is 4.86 Å². The molecule has 30 heteroatoms. The second-order valence-corrected chi connectivity index (χ2v) is 15.0. The van der Waals surface area contributed by atoms with Crippen molar-refractivity contribution in [1.82, 2.24) is 9.72 Å². The molecule has 0 radical (unpaired) electrons. The van der Waals surface area contributed by atoms with Crippen molar-refractivity contribution in [2.75, 3.05) is 39.6 Å². The summed E-state index contributed by atoms with van der Waals surface area (Å²) in [5.41, 5.74) is 0. The first-order valence-corrected chi connectivity index (χ1v) is 14.4. The van der Waals surface area contributed by atoms with Gasteiger partial charge in [-0.05, 0) is 0 Å². The molecule has 0 saturated heterocycles. The summed E-state index contributed by atoms with van der Waals surface area (Å²) in [6.07, 6.45) is -34.8. The van der Waals surface area contributed by atoms with E-state index < -0.39 is 100 Å². The van der Waals surface area contributed by atoms with E-state index in [9.17, 15) is 79.0 Å². The summed E-state index contributed by atoms with van der Waals surface area (Å²) in [4.78, 5) is 1.83. The number of alkyl halides is 18. The molecule has 0 aromatic heterocycles. The van der Waals surface area contributed by atoms with Crippen molar-refractivity contribution in [3.8, 4) is 0 Å². The predicted octanol–water partition coefficient (Wildman–Crippen LogP) is 7.95. The van der Waals surface area contributed by atoms with E-state index in [1.807, 2.05) is 0 Å². The number of nitrogens with one attached hydrogen (secondary N) is 2. The second-order valence-electron chi connectivity index (χ2n) is 7.45. The van der Waals surface area contributed by atoms with Gasteiger partial charge in [-0.1, -0.05) is 0 Å². The van der Waals surface area contributed by atoms with Crippen LogP contribution in [0.2, 0.25) is 0 Å². The molecule has 1 aliphatic rings. The zero-order valence-corrected chi connectivity index (χ0v) is 22.0. The topological polar surface area (TPSA) is 91.8 Å². The molecular weight excluding hydrogens is 717 g/mol. The molecule has 0 aromatic carbocycles. The third kappa shape index (κ3) is 13.6. The van der Waals surface area contributed by atoms with E-state index in [1.54, 1.807) is 0 Å². The number of hydrogen-bond donors (Lipinski definition) is 2. The van der Waals surface area contributed by atoms with Crippen LogP contribution in [0.5, 0.6) is 0 Å². The van der Waals surface area contributed by atoms with E-state index in [-0.39, 0.29) is 0 Å². The van der Waals surface area contributed by atoms with Crippen molar-refractivity contribution in [3.05, 3.63) is 0 Å². The van der Waals surface area contributed by atoms with Gasteiger partial charge in [-0.3, -0.25) is 0 Å². The fraction of sp³-hybridized carbons (Fsp3) is 1.00. The molecule has 9 nitrogen and oxygen atoms in total. The minimum atomic E-state index is -7.86. The summed E-state index contributed by atoms with van der Waals surface area (Å²) in [6, 6.07) is 0.